The van der Waals surface area contributed by atoms with Gasteiger partial charge in [0.05, 0.1) is 10.6 Å². The number of nitrogens with zero attached hydrogens (tertiary/aromatic N) is 6. The number of aromatic nitrogens is 4. The molecule has 12 heteroatoms. The van der Waals surface area contributed by atoms with E-state index in [1.807, 2.05) is 0 Å². The van der Waals surface area contributed by atoms with Crippen LogP contribution in [0.3, 0.4) is 0 Å². The Kier molecular flexibility index (Phi) is 6.75. The molecule has 1 aliphatic rings. The van der Waals surface area contributed by atoms with E-state index in [4.69, 9.17) is 0 Å². The van der Waals surface area contributed by atoms with Crippen molar-refractivity contribution in [2.45, 2.75) is 17.7 Å². The van der Waals surface area contributed by atoms with Crippen LogP contribution in [0, 0.1) is 0 Å². The van der Waals surface area contributed by atoms with E-state index in [1.165, 1.54) is 15.3 Å². The predicted octanol–water partition coefficient (Wildman–Crippen LogP) is 0.914. The molecule has 0 aliphatic carbocycles. The Morgan fingerprint density at radius 3 is 2.24 bits per heavy atom. The normalized spacial score (nSPS) is 14.7. The van der Waals surface area contributed by atoms with Crippen molar-refractivity contribution in [1.29, 1.82) is 0 Å². The number of carbonyl (C=O) groups excluding carboxylic acids is 2. The van der Waals surface area contributed by atoms with E-state index in [0.29, 0.717) is 18.8 Å². The van der Waals surface area contributed by atoms with E-state index in [2.05, 4.69) is 20.8 Å². The van der Waals surface area contributed by atoms with E-state index >= 15 is 0 Å². The molecule has 33 heavy (non-hydrogen) atoms. The third-order valence-electron chi connectivity index (χ3n) is 5.30. The monoisotopic (exact) mass is 469 g/mol. The first-order valence-corrected chi connectivity index (χ1v) is 11.8. The highest BCUT2D eigenvalue weighted by atomic mass is 32.2. The molecule has 0 bridgehead atoms. The maximum Gasteiger partial charge on any atom is 0.243 e. The highest BCUT2D eigenvalue weighted by Gasteiger charge is 2.29. The van der Waals surface area contributed by atoms with Gasteiger partial charge in [0.1, 0.15) is 6.33 Å². The van der Waals surface area contributed by atoms with Crippen molar-refractivity contribution < 1.29 is 18.0 Å². The lowest BCUT2D eigenvalue weighted by Gasteiger charge is -2.34. The van der Waals surface area contributed by atoms with Gasteiger partial charge in [0.25, 0.3) is 0 Å². The number of benzene rings is 2. The minimum atomic E-state index is -3.57. The Balaban J connectivity index is 1.23. The zero-order valence-electron chi connectivity index (χ0n) is 17.7. The minimum absolute atomic E-state index is 0.0378. The highest BCUT2D eigenvalue weighted by molar-refractivity contribution is 7.89. The third kappa shape index (κ3) is 5.41. The number of hydrogen-bond acceptors (Lipinski definition) is 7. The summed E-state index contributed by atoms with van der Waals surface area (Å²) >= 11 is 0. The van der Waals surface area contributed by atoms with Crippen LogP contribution in [-0.4, -0.2) is 75.8 Å². The Morgan fingerprint density at radius 1 is 0.909 bits per heavy atom. The van der Waals surface area contributed by atoms with Crippen LogP contribution in [0.4, 0.5) is 5.69 Å². The number of hydrogen-bond donors (Lipinski definition) is 1. The van der Waals surface area contributed by atoms with Gasteiger partial charge >= 0.3 is 0 Å². The molecule has 1 saturated heterocycles. The van der Waals surface area contributed by atoms with Gasteiger partial charge in [-0.2, -0.15) is 4.31 Å². The molecular weight excluding hydrogens is 446 g/mol. The first kappa shape index (κ1) is 22.6. The number of rotatable bonds is 7. The van der Waals surface area contributed by atoms with Crippen molar-refractivity contribution in [3.63, 3.8) is 0 Å². The molecule has 0 saturated carbocycles. The molecule has 1 fully saturated rings. The maximum absolute atomic E-state index is 12.7. The summed E-state index contributed by atoms with van der Waals surface area (Å²) in [6, 6.07) is 15.2. The largest absolute Gasteiger partial charge is 0.340 e. The number of sulfonamides is 1. The molecule has 2 aromatic carbocycles. The maximum atomic E-state index is 12.7. The second-order valence-electron chi connectivity index (χ2n) is 7.45. The van der Waals surface area contributed by atoms with Crippen LogP contribution in [0.2, 0.25) is 0 Å². The number of amides is 2. The molecule has 1 aliphatic heterocycles. The molecule has 1 N–H and O–H groups in total. The molecule has 0 spiro atoms. The molecule has 2 heterocycles. The van der Waals surface area contributed by atoms with Gasteiger partial charge in [0, 0.05) is 44.7 Å². The molecule has 4 rings (SSSR count). The number of carbonyl (C=O) groups is 2. The Morgan fingerprint density at radius 2 is 1.61 bits per heavy atom. The number of piperazine rings is 1. The fourth-order valence-electron chi connectivity index (χ4n) is 3.50. The van der Waals surface area contributed by atoms with E-state index in [9.17, 15) is 18.0 Å². The summed E-state index contributed by atoms with van der Waals surface area (Å²) in [6.45, 7) is 1.04. The second-order valence-corrected chi connectivity index (χ2v) is 9.39. The predicted molar refractivity (Wildman–Crippen MR) is 119 cm³/mol. The van der Waals surface area contributed by atoms with Gasteiger partial charge < -0.3 is 10.2 Å². The van der Waals surface area contributed by atoms with Crippen LogP contribution in [0.5, 0.6) is 0 Å². The standard InChI is InChI=1S/C21H23N7O4S/c29-20(23-17-6-8-18(9-7-17)28-16-22-24-25-28)10-11-21(30)26-12-14-27(15-13-26)33(31,32)19-4-2-1-3-5-19/h1-9,16H,10-15H2,(H,23,29). The Labute approximate surface area is 191 Å². The molecule has 1 aromatic heterocycles. The first-order chi connectivity index (χ1) is 15.9. The van der Waals surface area contributed by atoms with Gasteiger partial charge in [-0.05, 0) is 46.8 Å². The summed E-state index contributed by atoms with van der Waals surface area (Å²) in [5, 5.41) is 13.7. The number of anilines is 1. The van der Waals surface area contributed by atoms with E-state index in [-0.39, 0.29) is 42.6 Å². The lowest BCUT2D eigenvalue weighted by molar-refractivity contribution is -0.133. The smallest absolute Gasteiger partial charge is 0.243 e. The van der Waals surface area contributed by atoms with Crippen molar-refractivity contribution in [3.05, 3.63) is 60.9 Å². The fourth-order valence-corrected chi connectivity index (χ4v) is 4.94. The lowest BCUT2D eigenvalue weighted by Crippen LogP contribution is -2.50. The second kappa shape index (κ2) is 9.88. The summed E-state index contributed by atoms with van der Waals surface area (Å²) in [7, 11) is -3.57. The lowest BCUT2D eigenvalue weighted by atomic mass is 10.2. The minimum Gasteiger partial charge on any atom is -0.340 e. The van der Waals surface area contributed by atoms with E-state index in [0.717, 1.165) is 5.69 Å². The summed E-state index contributed by atoms with van der Waals surface area (Å²) in [4.78, 5) is 26.6. The van der Waals surface area contributed by atoms with Crippen LogP contribution in [-0.2, 0) is 19.6 Å². The summed E-state index contributed by atoms with van der Waals surface area (Å²) in [5.41, 5.74) is 1.35. The van der Waals surface area contributed by atoms with Crippen molar-refractivity contribution in [1.82, 2.24) is 29.4 Å². The zero-order valence-corrected chi connectivity index (χ0v) is 18.6. The first-order valence-electron chi connectivity index (χ1n) is 10.4. The van der Waals surface area contributed by atoms with E-state index in [1.54, 1.807) is 59.5 Å². The van der Waals surface area contributed by atoms with Gasteiger partial charge in [-0.1, -0.05) is 18.2 Å². The van der Waals surface area contributed by atoms with Crippen molar-refractivity contribution in [2.75, 3.05) is 31.5 Å². The van der Waals surface area contributed by atoms with Gasteiger partial charge in [-0.3, -0.25) is 9.59 Å². The molecule has 11 nitrogen and oxygen atoms in total. The van der Waals surface area contributed by atoms with Crippen molar-refractivity contribution in [3.8, 4) is 5.69 Å². The summed E-state index contributed by atoms with van der Waals surface area (Å²) < 4.78 is 28.3. The number of nitrogens with one attached hydrogen (secondary N) is 1. The van der Waals surface area contributed by atoms with Gasteiger partial charge in [-0.25, -0.2) is 13.1 Å². The molecule has 0 radical (unpaired) electrons. The molecule has 172 valence electrons. The average molecular weight is 470 g/mol. The van der Waals surface area contributed by atoms with Gasteiger partial charge in [0.15, 0.2) is 0 Å². The highest BCUT2D eigenvalue weighted by Crippen LogP contribution is 2.18. The van der Waals surface area contributed by atoms with Gasteiger partial charge in [0.2, 0.25) is 21.8 Å². The van der Waals surface area contributed by atoms with E-state index < -0.39 is 10.0 Å². The molecule has 2 amide bonds. The average Bonchev–Trinajstić information content (AvgIpc) is 3.39. The van der Waals surface area contributed by atoms with Crippen LogP contribution in [0.1, 0.15) is 12.8 Å². The SMILES string of the molecule is O=C(CCC(=O)N1CCN(S(=O)(=O)c2ccccc2)CC1)Nc1ccc(-n2cnnn2)cc1. The number of tetrazole rings is 1. The molecule has 0 unspecified atom stereocenters. The molecule has 3 aromatic rings. The Hall–Kier alpha value is -3.64. The van der Waals surface area contributed by atoms with Gasteiger partial charge in [-0.15, -0.1) is 5.10 Å². The van der Waals surface area contributed by atoms with Crippen molar-refractivity contribution in [2.24, 2.45) is 0 Å². The fraction of sp³-hybridized carbons (Fsp3) is 0.286. The zero-order chi connectivity index (χ0) is 23.3. The Bertz CT molecular complexity index is 1190. The van der Waals surface area contributed by atoms with Crippen LogP contribution >= 0.6 is 0 Å². The van der Waals surface area contributed by atoms with Crippen LogP contribution in [0.15, 0.2) is 65.8 Å². The molecule has 0 atom stereocenters. The third-order valence-corrected chi connectivity index (χ3v) is 7.22. The quantitative estimate of drug-likeness (QED) is 0.544. The molecular formula is C21H23N7O4S. The van der Waals surface area contributed by atoms with Crippen LogP contribution in [0.25, 0.3) is 5.69 Å². The summed E-state index contributed by atoms with van der Waals surface area (Å²) in [5.74, 6) is -0.445. The summed E-state index contributed by atoms with van der Waals surface area (Å²) in [6.07, 6.45) is 1.56. The van der Waals surface area contributed by atoms with Crippen LogP contribution < -0.4 is 5.32 Å². The topological polar surface area (TPSA) is 130 Å². The van der Waals surface area contributed by atoms with Crippen molar-refractivity contribution >= 4 is 27.5 Å².